The zero-order valence-corrected chi connectivity index (χ0v) is 22.8. The minimum Gasteiger partial charge on any atom is -0.343 e. The Morgan fingerprint density at radius 3 is 1.97 bits per heavy atom. The third-order valence-electron chi connectivity index (χ3n) is 6.76. The molecule has 2 N–H and O–H groups in total. The maximum absolute atomic E-state index is 13.1. The summed E-state index contributed by atoms with van der Waals surface area (Å²) in [6.07, 6.45) is 5.86. The molecule has 0 aliphatic heterocycles. The molecule has 1 fully saturated rings. The van der Waals surface area contributed by atoms with Crippen molar-refractivity contribution >= 4 is 6.03 Å². The normalized spacial score (nSPS) is 19.1. The monoisotopic (exact) mass is 519 g/mol. The summed E-state index contributed by atoms with van der Waals surface area (Å²) in [5.41, 5.74) is 0.821. The van der Waals surface area contributed by atoms with Crippen molar-refractivity contribution in [3.8, 4) is 6.07 Å². The number of nitrogens with one attached hydrogen (secondary N) is 2. The number of rotatable bonds is 8. The Morgan fingerprint density at radius 2 is 1.55 bits per heavy atom. The zero-order chi connectivity index (χ0) is 23.0. The number of amides is 2. The zero-order valence-electron chi connectivity index (χ0n) is 20.0. The Hall–Kier alpha value is -1.70. The Morgan fingerprint density at radius 1 is 1.03 bits per heavy atom. The second-order valence-corrected chi connectivity index (χ2v) is 9.46. The van der Waals surface area contributed by atoms with Crippen LogP contribution >= 0.6 is 0 Å². The number of hydrogen-bond donors (Lipinski definition) is 2. The summed E-state index contributed by atoms with van der Waals surface area (Å²) >= 11 is 0. The van der Waals surface area contributed by atoms with Crippen molar-refractivity contribution in [2.45, 2.75) is 69.9 Å². The number of carbonyl (C=O) groups is 1. The van der Waals surface area contributed by atoms with E-state index < -0.39 is 5.41 Å². The molecule has 0 aromatic heterocycles. The molecule has 0 saturated heterocycles. The fraction of sp³-hybridized carbons (Fsp3) is 0.464. The minimum atomic E-state index is -0.977. The van der Waals surface area contributed by atoms with Crippen LogP contribution in [0.2, 0.25) is 0 Å². The molecule has 2 aromatic rings. The van der Waals surface area contributed by atoms with E-state index in [9.17, 15) is 10.1 Å². The first-order valence-corrected chi connectivity index (χ1v) is 11.9. The summed E-state index contributed by atoms with van der Waals surface area (Å²) in [7, 11) is 0. The Balaban J connectivity index is 0.00000385. The molecule has 0 heterocycles. The molecule has 0 spiro atoms. The van der Waals surface area contributed by atoms with Crippen LogP contribution in [-0.2, 0) is 38.1 Å². The van der Waals surface area contributed by atoms with Crippen LogP contribution < -0.4 is 10.6 Å². The van der Waals surface area contributed by atoms with Gasteiger partial charge >= 0.3 is 6.03 Å². The van der Waals surface area contributed by atoms with E-state index in [1.807, 2.05) is 60.7 Å². The Labute approximate surface area is 224 Å². The second kappa shape index (κ2) is 13.3. The Kier molecular flexibility index (Phi) is 11.1. The molecule has 173 valence electrons. The quantitative estimate of drug-likeness (QED) is 0.421. The van der Waals surface area contributed by atoms with Crippen LogP contribution in [0.25, 0.3) is 0 Å². The van der Waals surface area contributed by atoms with Gasteiger partial charge in [-0.25, -0.2) is 4.79 Å². The van der Waals surface area contributed by atoms with Crippen LogP contribution in [0.4, 0.5) is 4.79 Å². The molecule has 2 amide bonds. The predicted octanol–water partition coefficient (Wildman–Crippen LogP) is 5.99. The van der Waals surface area contributed by atoms with Gasteiger partial charge in [0.15, 0.2) is 0 Å². The van der Waals surface area contributed by atoms with Gasteiger partial charge in [0.2, 0.25) is 0 Å². The van der Waals surface area contributed by atoms with Crippen LogP contribution in [0.1, 0.15) is 63.5 Å². The first kappa shape index (κ1) is 27.5. The number of urea groups is 1. The van der Waals surface area contributed by atoms with E-state index in [1.54, 1.807) is 0 Å². The number of nitriles is 1. The molecule has 4 nitrogen and oxygen atoms in total. The summed E-state index contributed by atoms with van der Waals surface area (Å²) in [5.74, 6) is 0.986. The fourth-order valence-corrected chi connectivity index (χ4v) is 4.97. The van der Waals surface area contributed by atoms with E-state index in [2.05, 4.69) is 37.5 Å². The van der Waals surface area contributed by atoms with Gasteiger partial charge < -0.3 is 17.6 Å². The molecule has 1 atom stereocenters. The van der Waals surface area contributed by atoms with E-state index in [4.69, 9.17) is 0 Å². The van der Waals surface area contributed by atoms with Gasteiger partial charge in [0.25, 0.3) is 0 Å². The molecular formula is C28H36N3OY-. The maximum Gasteiger partial charge on any atom is 0.315 e. The van der Waals surface area contributed by atoms with Crippen molar-refractivity contribution in [1.29, 1.82) is 5.26 Å². The molecule has 0 unspecified atom stereocenters. The van der Waals surface area contributed by atoms with Gasteiger partial charge in [-0.3, -0.25) is 0 Å². The van der Waals surface area contributed by atoms with E-state index >= 15 is 0 Å². The summed E-state index contributed by atoms with van der Waals surface area (Å²) < 4.78 is 0. The molecule has 3 rings (SSSR count). The van der Waals surface area contributed by atoms with Crippen LogP contribution in [0.15, 0.2) is 60.7 Å². The van der Waals surface area contributed by atoms with E-state index in [-0.39, 0.29) is 50.8 Å². The van der Waals surface area contributed by atoms with E-state index in [0.717, 1.165) is 43.2 Å². The third kappa shape index (κ3) is 6.90. The summed E-state index contributed by atoms with van der Waals surface area (Å²) in [4.78, 5) is 13.1. The molecule has 1 aliphatic carbocycles. The average molecular weight is 520 g/mol. The van der Waals surface area contributed by atoms with Crippen molar-refractivity contribution in [2.75, 3.05) is 0 Å². The fourth-order valence-electron chi connectivity index (χ4n) is 4.97. The van der Waals surface area contributed by atoms with Crippen LogP contribution in [0.5, 0.6) is 0 Å². The van der Waals surface area contributed by atoms with Crippen LogP contribution in [-0.4, -0.2) is 18.1 Å². The standard InChI is InChI=1S/C28H36N3O.Y/c1-4-22-15-17-25(18-16-22)30-27(32)31-26(19-21(2)3)28(20-29,23-11-7-5-8-12-23)24-13-9-6-10-14-24;/h5-14,21-22,25-26H,1,4,15-19H2,2-3H3,(H2,30,31,32);/q-1;/t22?,25?,26-;/m0./s1. The summed E-state index contributed by atoms with van der Waals surface area (Å²) in [6, 6.07) is 22.0. The van der Waals surface area contributed by atoms with Gasteiger partial charge in [-0.05, 0) is 36.3 Å². The molecule has 0 bridgehead atoms. The topological polar surface area (TPSA) is 64.9 Å². The summed E-state index contributed by atoms with van der Waals surface area (Å²) in [6.45, 7) is 8.29. The average Bonchev–Trinajstić information content (AvgIpc) is 2.81. The van der Waals surface area contributed by atoms with Gasteiger partial charge in [0, 0.05) is 38.8 Å². The van der Waals surface area contributed by atoms with E-state index in [0.29, 0.717) is 18.3 Å². The second-order valence-electron chi connectivity index (χ2n) is 9.46. The summed E-state index contributed by atoms with van der Waals surface area (Å²) in [5, 5.41) is 17.0. The molecule has 5 heteroatoms. The van der Waals surface area contributed by atoms with Gasteiger partial charge in [-0.15, -0.1) is 0 Å². The minimum absolute atomic E-state index is 0. The van der Waals surface area contributed by atoms with Gasteiger partial charge in [0.1, 0.15) is 5.41 Å². The molecule has 2 aromatic carbocycles. The number of hydrogen-bond acceptors (Lipinski definition) is 2. The Bertz CT molecular complexity index is 847. The number of carbonyl (C=O) groups excluding carboxylic acids is 1. The first-order valence-electron chi connectivity index (χ1n) is 11.9. The molecule has 33 heavy (non-hydrogen) atoms. The first-order chi connectivity index (χ1) is 15.5. The molecule has 1 radical (unpaired) electrons. The smallest absolute Gasteiger partial charge is 0.315 e. The van der Waals surface area contributed by atoms with Crippen molar-refractivity contribution in [2.24, 2.45) is 11.8 Å². The SMILES string of the molecule is [CH2-]CC1CCC(NC(=O)N[C@@H](CC(C)C)C(C#N)(c2ccccc2)c2ccccc2)CC1.[Y]. The van der Waals surface area contributed by atoms with E-state index in [1.165, 1.54) is 0 Å². The molecular weight excluding hydrogens is 483 g/mol. The molecule has 1 saturated carbocycles. The molecule has 1 aliphatic rings. The predicted molar refractivity (Wildman–Crippen MR) is 130 cm³/mol. The van der Waals surface area contributed by atoms with Crippen molar-refractivity contribution in [3.05, 3.63) is 78.7 Å². The van der Waals surface area contributed by atoms with Crippen LogP contribution in [0, 0.1) is 30.1 Å². The van der Waals surface area contributed by atoms with Gasteiger partial charge in [-0.2, -0.15) is 11.7 Å². The number of benzene rings is 2. The van der Waals surface area contributed by atoms with Crippen LogP contribution in [0.3, 0.4) is 0 Å². The van der Waals surface area contributed by atoms with Gasteiger partial charge in [0.05, 0.1) is 12.1 Å². The number of nitrogens with zero attached hydrogens (tertiary/aromatic N) is 1. The van der Waals surface area contributed by atoms with Gasteiger partial charge in [-0.1, -0.05) is 93.3 Å². The van der Waals surface area contributed by atoms with Crippen molar-refractivity contribution < 1.29 is 37.5 Å². The van der Waals surface area contributed by atoms with Crippen molar-refractivity contribution in [1.82, 2.24) is 10.6 Å². The largest absolute Gasteiger partial charge is 0.343 e. The van der Waals surface area contributed by atoms with Crippen molar-refractivity contribution in [3.63, 3.8) is 0 Å². The third-order valence-corrected chi connectivity index (χ3v) is 6.76. The maximum atomic E-state index is 13.1.